The lowest BCUT2D eigenvalue weighted by atomic mass is 10.1. The lowest BCUT2D eigenvalue weighted by molar-refractivity contribution is 0.102. The third-order valence-corrected chi connectivity index (χ3v) is 6.01. The van der Waals surface area contributed by atoms with Crippen molar-refractivity contribution in [3.63, 3.8) is 0 Å². The third kappa shape index (κ3) is 5.96. The fourth-order valence-corrected chi connectivity index (χ4v) is 4.38. The molecule has 0 radical (unpaired) electrons. The van der Waals surface area contributed by atoms with Gasteiger partial charge in [-0.3, -0.25) is 4.79 Å². The first kappa shape index (κ1) is 22.5. The topological polar surface area (TPSA) is 81.1 Å². The molecule has 0 atom stereocenters. The Hall–Kier alpha value is -3.71. The van der Waals surface area contributed by atoms with E-state index in [2.05, 4.69) is 11.4 Å². The number of carbonyl (C=O) groups is 1. The average Bonchev–Trinajstić information content (AvgIpc) is 3.16. The molecule has 0 saturated heterocycles. The molecule has 168 valence electrons. The monoisotopic (exact) mass is 459 g/mol. The number of amides is 1. The molecule has 0 aliphatic rings. The molecule has 6 nitrogen and oxygen atoms in total. The van der Waals surface area contributed by atoms with E-state index >= 15 is 0 Å². The summed E-state index contributed by atoms with van der Waals surface area (Å²) in [5, 5.41) is 7.72. The Morgan fingerprint density at radius 1 is 0.909 bits per heavy atom. The van der Waals surface area contributed by atoms with Crippen molar-refractivity contribution in [3.05, 3.63) is 107 Å². The minimum Gasteiger partial charge on any atom is -0.307 e. The van der Waals surface area contributed by atoms with Gasteiger partial charge in [-0.15, -0.1) is 0 Å². The first-order valence-electron chi connectivity index (χ1n) is 10.5. The van der Waals surface area contributed by atoms with Crippen LogP contribution in [0.4, 0.5) is 5.82 Å². The molecule has 1 heterocycles. The van der Waals surface area contributed by atoms with Gasteiger partial charge < -0.3 is 5.32 Å². The van der Waals surface area contributed by atoms with E-state index in [0.717, 1.165) is 22.4 Å². The van der Waals surface area contributed by atoms with E-state index in [1.54, 1.807) is 28.9 Å². The Morgan fingerprint density at radius 2 is 1.64 bits per heavy atom. The molecule has 1 N–H and O–H groups in total. The molecule has 0 fully saturated rings. The number of carbonyl (C=O) groups excluding carboxylic acids is 1. The molecular weight excluding hydrogens is 434 g/mol. The lowest BCUT2D eigenvalue weighted by Crippen LogP contribution is -2.16. The quantitative estimate of drug-likeness (QED) is 0.434. The van der Waals surface area contributed by atoms with Crippen LogP contribution in [0.2, 0.25) is 0 Å². The number of nitrogens with one attached hydrogen (secondary N) is 1. The summed E-state index contributed by atoms with van der Waals surface area (Å²) in [5.41, 5.74) is 5.03. The van der Waals surface area contributed by atoms with Crippen molar-refractivity contribution in [1.29, 1.82) is 0 Å². The summed E-state index contributed by atoms with van der Waals surface area (Å²) in [7, 11) is -3.13. The van der Waals surface area contributed by atoms with Gasteiger partial charge in [0, 0.05) is 23.4 Å². The van der Waals surface area contributed by atoms with E-state index in [1.165, 1.54) is 6.26 Å². The maximum absolute atomic E-state index is 12.9. The van der Waals surface area contributed by atoms with E-state index in [0.29, 0.717) is 23.5 Å². The van der Waals surface area contributed by atoms with E-state index in [9.17, 15) is 13.2 Å². The summed E-state index contributed by atoms with van der Waals surface area (Å²) in [4.78, 5) is 12.9. The van der Waals surface area contributed by atoms with Gasteiger partial charge in [0.2, 0.25) is 0 Å². The van der Waals surface area contributed by atoms with Crippen LogP contribution in [0.1, 0.15) is 27.0 Å². The fraction of sp³-hybridized carbons (Fsp3) is 0.154. The maximum Gasteiger partial charge on any atom is 0.256 e. The van der Waals surface area contributed by atoms with Crippen molar-refractivity contribution >= 4 is 21.6 Å². The number of hydrogen-bond acceptors (Lipinski definition) is 4. The minimum absolute atomic E-state index is 0.0569. The van der Waals surface area contributed by atoms with Gasteiger partial charge in [0.1, 0.15) is 5.82 Å². The van der Waals surface area contributed by atoms with Crippen molar-refractivity contribution in [2.45, 2.75) is 19.2 Å². The van der Waals surface area contributed by atoms with Crippen molar-refractivity contribution in [2.24, 2.45) is 0 Å². The Bertz CT molecular complexity index is 1380. The van der Waals surface area contributed by atoms with Crippen LogP contribution in [0, 0.1) is 6.92 Å². The second kappa shape index (κ2) is 9.42. The summed E-state index contributed by atoms with van der Waals surface area (Å²) in [6.07, 6.45) is 1.19. The molecule has 0 aliphatic heterocycles. The summed E-state index contributed by atoms with van der Waals surface area (Å²) < 4.78 is 24.8. The maximum atomic E-state index is 12.9. The van der Waals surface area contributed by atoms with Gasteiger partial charge in [-0.1, -0.05) is 66.2 Å². The lowest BCUT2D eigenvalue weighted by Gasteiger charge is -2.09. The predicted octanol–water partition coefficient (Wildman–Crippen LogP) is 4.70. The number of sulfone groups is 1. The van der Waals surface area contributed by atoms with Crippen molar-refractivity contribution in [1.82, 2.24) is 9.78 Å². The SMILES string of the molecule is Cc1cccc(-c2cc(NC(=O)c3ccc(CS(C)(=O)=O)cc3)n(Cc3ccccc3)n2)c1. The zero-order valence-corrected chi connectivity index (χ0v) is 19.3. The minimum atomic E-state index is -3.13. The molecule has 0 bridgehead atoms. The number of benzene rings is 3. The molecular formula is C26H25N3O3S. The van der Waals surface area contributed by atoms with E-state index in [-0.39, 0.29) is 11.7 Å². The second-order valence-electron chi connectivity index (χ2n) is 8.15. The molecule has 0 saturated carbocycles. The molecule has 1 amide bonds. The van der Waals surface area contributed by atoms with Gasteiger partial charge in [-0.2, -0.15) is 5.10 Å². The Labute approximate surface area is 193 Å². The van der Waals surface area contributed by atoms with Crippen LogP contribution in [0.25, 0.3) is 11.3 Å². The number of rotatable bonds is 7. The highest BCUT2D eigenvalue weighted by Gasteiger charge is 2.15. The molecule has 4 aromatic rings. The van der Waals surface area contributed by atoms with Crippen molar-refractivity contribution in [3.8, 4) is 11.3 Å². The van der Waals surface area contributed by atoms with Crippen LogP contribution in [-0.2, 0) is 22.1 Å². The molecule has 4 rings (SSSR count). The molecule has 7 heteroatoms. The standard InChI is InChI=1S/C26H25N3O3S/c1-19-7-6-10-23(15-19)24-16-25(29(28-24)17-20-8-4-3-5-9-20)27-26(30)22-13-11-21(12-14-22)18-33(2,31)32/h3-16H,17-18H2,1-2H3,(H,27,30). The van der Waals surface area contributed by atoms with Gasteiger partial charge in [-0.05, 0) is 36.2 Å². The Morgan fingerprint density at radius 3 is 2.30 bits per heavy atom. The number of aromatic nitrogens is 2. The fourth-order valence-electron chi connectivity index (χ4n) is 3.58. The molecule has 3 aromatic carbocycles. The van der Waals surface area contributed by atoms with Crippen LogP contribution in [0.5, 0.6) is 0 Å². The molecule has 0 unspecified atom stereocenters. The second-order valence-corrected chi connectivity index (χ2v) is 10.3. The van der Waals surface area contributed by atoms with Crippen LogP contribution >= 0.6 is 0 Å². The normalized spacial score (nSPS) is 11.3. The van der Waals surface area contributed by atoms with Crippen molar-refractivity contribution < 1.29 is 13.2 Å². The average molecular weight is 460 g/mol. The summed E-state index contributed by atoms with van der Waals surface area (Å²) in [5.74, 6) is 0.241. The summed E-state index contributed by atoms with van der Waals surface area (Å²) in [6.45, 7) is 2.54. The third-order valence-electron chi connectivity index (χ3n) is 5.16. The highest BCUT2D eigenvalue weighted by Crippen LogP contribution is 2.24. The molecule has 1 aromatic heterocycles. The van der Waals surface area contributed by atoms with Gasteiger partial charge in [0.15, 0.2) is 9.84 Å². The van der Waals surface area contributed by atoms with E-state index in [4.69, 9.17) is 5.10 Å². The van der Waals surface area contributed by atoms with Crippen LogP contribution in [0.15, 0.2) is 84.9 Å². The number of aryl methyl sites for hydroxylation is 1. The molecule has 33 heavy (non-hydrogen) atoms. The van der Waals surface area contributed by atoms with Crippen molar-refractivity contribution in [2.75, 3.05) is 11.6 Å². The highest BCUT2D eigenvalue weighted by molar-refractivity contribution is 7.89. The molecule has 0 spiro atoms. The number of hydrogen-bond donors (Lipinski definition) is 1. The van der Waals surface area contributed by atoms with Gasteiger partial charge >= 0.3 is 0 Å². The van der Waals surface area contributed by atoms with Crippen LogP contribution in [0.3, 0.4) is 0 Å². The summed E-state index contributed by atoms with van der Waals surface area (Å²) in [6, 6.07) is 26.4. The zero-order valence-electron chi connectivity index (χ0n) is 18.5. The van der Waals surface area contributed by atoms with Crippen LogP contribution in [-0.4, -0.2) is 30.4 Å². The van der Waals surface area contributed by atoms with Gasteiger partial charge in [0.25, 0.3) is 5.91 Å². The first-order valence-corrected chi connectivity index (χ1v) is 12.6. The molecule has 0 aliphatic carbocycles. The zero-order chi connectivity index (χ0) is 23.4. The predicted molar refractivity (Wildman–Crippen MR) is 131 cm³/mol. The van der Waals surface area contributed by atoms with Gasteiger partial charge in [0.05, 0.1) is 18.0 Å². The number of anilines is 1. The Balaban J connectivity index is 1.61. The number of nitrogens with zero attached hydrogens (tertiary/aromatic N) is 2. The Kier molecular flexibility index (Phi) is 6.42. The first-order chi connectivity index (χ1) is 15.8. The summed E-state index contributed by atoms with van der Waals surface area (Å²) >= 11 is 0. The van der Waals surface area contributed by atoms with Crippen LogP contribution < -0.4 is 5.32 Å². The highest BCUT2D eigenvalue weighted by atomic mass is 32.2. The van der Waals surface area contributed by atoms with Gasteiger partial charge in [-0.25, -0.2) is 13.1 Å². The smallest absolute Gasteiger partial charge is 0.256 e. The largest absolute Gasteiger partial charge is 0.307 e. The van der Waals surface area contributed by atoms with E-state index < -0.39 is 9.84 Å². The van der Waals surface area contributed by atoms with E-state index in [1.807, 2.05) is 61.5 Å².